The Kier molecular flexibility index (Phi) is 4.23. The van der Waals surface area contributed by atoms with E-state index in [0.29, 0.717) is 12.3 Å². The summed E-state index contributed by atoms with van der Waals surface area (Å²) in [5, 5.41) is 14.1. The maximum atomic E-state index is 12.9. The number of hydrogen-bond acceptors (Lipinski definition) is 6. The number of carbonyl (C=O) groups is 1. The molecule has 8 nitrogen and oxygen atoms in total. The van der Waals surface area contributed by atoms with Crippen molar-refractivity contribution in [3.05, 3.63) is 53.3 Å². The second-order valence-electron chi connectivity index (χ2n) is 4.98. The molecule has 0 saturated carbocycles. The summed E-state index contributed by atoms with van der Waals surface area (Å²) in [5.74, 6) is -0.296. The van der Waals surface area contributed by atoms with E-state index in [1.165, 1.54) is 30.1 Å². The van der Waals surface area contributed by atoms with Gasteiger partial charge in [-0.25, -0.2) is 4.39 Å². The second-order valence-corrected chi connectivity index (χ2v) is 4.98. The minimum atomic E-state index is -0.475. The van der Waals surface area contributed by atoms with Gasteiger partial charge in [-0.15, -0.1) is 10.2 Å². The van der Waals surface area contributed by atoms with Gasteiger partial charge in [0.15, 0.2) is 0 Å². The molecule has 1 N–H and O–H groups in total. The van der Waals surface area contributed by atoms with Crippen molar-refractivity contribution >= 4 is 11.9 Å². The summed E-state index contributed by atoms with van der Waals surface area (Å²) in [5.41, 5.74) is 1.06. The lowest BCUT2D eigenvalue weighted by atomic mass is 10.1. The average Bonchev–Trinajstić information content (AvgIpc) is 3.15. The van der Waals surface area contributed by atoms with Crippen LogP contribution >= 0.6 is 0 Å². The van der Waals surface area contributed by atoms with Gasteiger partial charge >= 0.3 is 6.01 Å². The van der Waals surface area contributed by atoms with Crippen LogP contribution in [0.4, 0.5) is 10.4 Å². The quantitative estimate of drug-likeness (QED) is 0.766. The van der Waals surface area contributed by atoms with Crippen molar-refractivity contribution in [3.8, 4) is 5.88 Å². The Morgan fingerprint density at radius 3 is 2.79 bits per heavy atom. The minimum Gasteiger partial charge on any atom is -0.479 e. The largest absolute Gasteiger partial charge is 0.479 e. The molecule has 0 radical (unpaired) electrons. The Bertz CT molecular complexity index is 856. The van der Waals surface area contributed by atoms with Gasteiger partial charge in [0.05, 0.1) is 13.5 Å². The van der Waals surface area contributed by atoms with Gasteiger partial charge in [-0.05, 0) is 17.7 Å². The highest BCUT2D eigenvalue weighted by Crippen LogP contribution is 2.17. The van der Waals surface area contributed by atoms with Crippen LogP contribution in [0.15, 0.2) is 34.9 Å². The van der Waals surface area contributed by atoms with Crippen LogP contribution in [0.3, 0.4) is 0 Å². The lowest BCUT2D eigenvalue weighted by Gasteiger charge is -2.00. The third-order valence-corrected chi connectivity index (χ3v) is 3.19. The highest BCUT2D eigenvalue weighted by molar-refractivity contribution is 6.04. The van der Waals surface area contributed by atoms with Crippen LogP contribution in [-0.2, 0) is 13.5 Å². The van der Waals surface area contributed by atoms with E-state index < -0.39 is 5.91 Å². The number of halogens is 1. The first-order valence-corrected chi connectivity index (χ1v) is 7.01. The molecule has 2 aromatic heterocycles. The molecule has 1 amide bonds. The number of nitrogens with zero attached hydrogens (tertiary/aromatic N) is 4. The Balaban J connectivity index is 1.69. The maximum absolute atomic E-state index is 12.9. The molecule has 9 heteroatoms. The van der Waals surface area contributed by atoms with Crippen LogP contribution in [0.5, 0.6) is 5.88 Å². The molecule has 0 fully saturated rings. The predicted molar refractivity (Wildman–Crippen MR) is 81.2 cm³/mol. The van der Waals surface area contributed by atoms with Crippen LogP contribution in [0.1, 0.15) is 21.8 Å². The SMILES string of the molecule is COc1nn(C)cc1C(=O)Nc1nnc(Cc2ccc(F)cc2)o1. The van der Waals surface area contributed by atoms with Crippen molar-refractivity contribution < 1.29 is 18.3 Å². The number of anilines is 1. The van der Waals surface area contributed by atoms with Crippen LogP contribution < -0.4 is 10.1 Å². The van der Waals surface area contributed by atoms with Gasteiger partial charge in [0.25, 0.3) is 5.91 Å². The van der Waals surface area contributed by atoms with Gasteiger partial charge in [0.2, 0.25) is 11.8 Å². The number of aryl methyl sites for hydroxylation is 1. The van der Waals surface area contributed by atoms with Crippen molar-refractivity contribution in [2.75, 3.05) is 12.4 Å². The van der Waals surface area contributed by atoms with E-state index in [4.69, 9.17) is 9.15 Å². The molecule has 0 aliphatic carbocycles. The maximum Gasteiger partial charge on any atom is 0.322 e. The molecule has 3 rings (SSSR count). The number of rotatable bonds is 5. The van der Waals surface area contributed by atoms with Gasteiger partial charge in [0.1, 0.15) is 11.4 Å². The molecule has 0 spiro atoms. The van der Waals surface area contributed by atoms with Crippen molar-refractivity contribution in [1.29, 1.82) is 0 Å². The van der Waals surface area contributed by atoms with E-state index in [1.54, 1.807) is 19.2 Å². The van der Waals surface area contributed by atoms with Gasteiger partial charge < -0.3 is 9.15 Å². The first kappa shape index (κ1) is 15.7. The highest BCUT2D eigenvalue weighted by atomic mass is 19.1. The van der Waals surface area contributed by atoms with E-state index in [9.17, 15) is 9.18 Å². The predicted octanol–water partition coefficient (Wildman–Crippen LogP) is 1.79. The van der Waals surface area contributed by atoms with E-state index in [-0.39, 0.29) is 23.3 Å². The summed E-state index contributed by atoms with van der Waals surface area (Å²) in [4.78, 5) is 12.2. The summed E-state index contributed by atoms with van der Waals surface area (Å²) >= 11 is 0. The fourth-order valence-electron chi connectivity index (χ4n) is 2.09. The van der Waals surface area contributed by atoms with Gasteiger partial charge in [-0.2, -0.15) is 0 Å². The van der Waals surface area contributed by atoms with Crippen LogP contribution in [0, 0.1) is 5.82 Å². The van der Waals surface area contributed by atoms with E-state index in [2.05, 4.69) is 20.6 Å². The van der Waals surface area contributed by atoms with Crippen LogP contribution in [0.2, 0.25) is 0 Å². The number of hydrogen-bond donors (Lipinski definition) is 1. The summed E-state index contributed by atoms with van der Waals surface area (Å²) in [6.07, 6.45) is 1.85. The van der Waals surface area contributed by atoms with Crippen molar-refractivity contribution in [2.45, 2.75) is 6.42 Å². The molecule has 24 heavy (non-hydrogen) atoms. The molecule has 0 unspecified atom stereocenters. The van der Waals surface area contributed by atoms with Crippen molar-refractivity contribution in [1.82, 2.24) is 20.0 Å². The van der Waals surface area contributed by atoms with Crippen molar-refractivity contribution in [3.63, 3.8) is 0 Å². The summed E-state index contributed by atoms with van der Waals surface area (Å²) in [7, 11) is 3.10. The number of amides is 1. The fraction of sp³-hybridized carbons (Fsp3) is 0.200. The van der Waals surface area contributed by atoms with E-state index in [0.717, 1.165) is 5.56 Å². The number of methoxy groups -OCH3 is 1. The molecule has 1 aromatic carbocycles. The van der Waals surface area contributed by atoms with Crippen LogP contribution in [-0.4, -0.2) is 33.0 Å². The zero-order chi connectivity index (χ0) is 17.1. The molecule has 0 atom stereocenters. The molecule has 2 heterocycles. The number of benzene rings is 1. The Hall–Kier alpha value is -3.23. The molecule has 0 aliphatic rings. The fourth-order valence-corrected chi connectivity index (χ4v) is 2.09. The van der Waals surface area contributed by atoms with E-state index >= 15 is 0 Å². The third kappa shape index (κ3) is 3.40. The smallest absolute Gasteiger partial charge is 0.322 e. The number of ether oxygens (including phenoxy) is 1. The molecule has 0 bridgehead atoms. The number of carbonyl (C=O) groups excluding carboxylic acids is 1. The summed E-state index contributed by atoms with van der Waals surface area (Å²) < 4.78 is 24.7. The Labute approximate surface area is 136 Å². The zero-order valence-electron chi connectivity index (χ0n) is 13.0. The molecular formula is C15H14FN5O3. The van der Waals surface area contributed by atoms with E-state index in [1.807, 2.05) is 0 Å². The van der Waals surface area contributed by atoms with Gasteiger partial charge in [0, 0.05) is 13.2 Å². The molecule has 124 valence electrons. The Morgan fingerprint density at radius 2 is 2.08 bits per heavy atom. The van der Waals surface area contributed by atoms with Gasteiger partial charge in [-0.1, -0.05) is 17.2 Å². The molecule has 0 saturated heterocycles. The monoisotopic (exact) mass is 331 g/mol. The highest BCUT2D eigenvalue weighted by Gasteiger charge is 2.19. The number of nitrogens with one attached hydrogen (secondary N) is 1. The normalized spacial score (nSPS) is 10.6. The second kappa shape index (κ2) is 6.49. The zero-order valence-corrected chi connectivity index (χ0v) is 13.0. The summed E-state index contributed by atoms with van der Waals surface area (Å²) in [6, 6.07) is 5.91. The summed E-state index contributed by atoms with van der Waals surface area (Å²) in [6.45, 7) is 0. The van der Waals surface area contributed by atoms with Crippen LogP contribution in [0.25, 0.3) is 0 Å². The number of aromatic nitrogens is 4. The third-order valence-electron chi connectivity index (χ3n) is 3.19. The van der Waals surface area contributed by atoms with Crippen molar-refractivity contribution in [2.24, 2.45) is 7.05 Å². The lowest BCUT2D eigenvalue weighted by molar-refractivity contribution is 0.102. The van der Waals surface area contributed by atoms with Gasteiger partial charge in [-0.3, -0.25) is 14.8 Å². The minimum absolute atomic E-state index is 0.0389. The lowest BCUT2D eigenvalue weighted by Crippen LogP contribution is -2.12. The average molecular weight is 331 g/mol. The molecule has 0 aliphatic heterocycles. The first-order valence-electron chi connectivity index (χ1n) is 7.01. The first-order chi connectivity index (χ1) is 11.5. The Morgan fingerprint density at radius 1 is 1.33 bits per heavy atom. The molecular weight excluding hydrogens is 317 g/mol. The topological polar surface area (TPSA) is 95.1 Å². The standard InChI is InChI=1S/C15H14FN5O3/c1-21-8-11(14(20-21)23-2)13(22)17-15-19-18-12(24-15)7-9-3-5-10(16)6-4-9/h3-6,8H,7H2,1-2H3,(H,17,19,22). The molecule has 3 aromatic rings.